The SMILES string of the molecule is Cc1c(C(=O)Nc2cnc3ccccc3c2)sc2ncn(CC(=O)N3CCOCC3)c(=O)c12. The number of morpholine rings is 1. The number of ether oxygens (including phenoxy) is 1. The molecule has 2 amide bonds. The summed E-state index contributed by atoms with van der Waals surface area (Å²) in [5, 5.41) is 4.14. The molecule has 0 aliphatic carbocycles. The first-order chi connectivity index (χ1) is 16.0. The number of aryl methyl sites for hydroxylation is 1. The maximum Gasteiger partial charge on any atom is 0.266 e. The zero-order valence-electron chi connectivity index (χ0n) is 17.9. The molecule has 0 bridgehead atoms. The number of hydrogen-bond donors (Lipinski definition) is 1. The predicted octanol–water partition coefficient (Wildman–Crippen LogP) is 2.43. The van der Waals surface area contributed by atoms with E-state index in [2.05, 4.69) is 15.3 Å². The van der Waals surface area contributed by atoms with E-state index in [-0.39, 0.29) is 23.9 Å². The lowest BCUT2D eigenvalue weighted by Crippen LogP contribution is -2.43. The third-order valence-electron chi connectivity index (χ3n) is 5.64. The number of nitrogens with zero attached hydrogens (tertiary/aromatic N) is 4. The van der Waals surface area contributed by atoms with Gasteiger partial charge in [-0.25, -0.2) is 4.98 Å². The Hall–Kier alpha value is -3.63. The van der Waals surface area contributed by atoms with E-state index in [9.17, 15) is 14.4 Å². The van der Waals surface area contributed by atoms with Crippen LogP contribution in [0.3, 0.4) is 0 Å². The van der Waals surface area contributed by atoms with Crippen molar-refractivity contribution in [2.75, 3.05) is 31.6 Å². The Balaban J connectivity index is 1.41. The van der Waals surface area contributed by atoms with Crippen molar-refractivity contribution in [2.24, 2.45) is 0 Å². The number of aromatic nitrogens is 3. The van der Waals surface area contributed by atoms with Gasteiger partial charge in [-0.3, -0.25) is 23.9 Å². The summed E-state index contributed by atoms with van der Waals surface area (Å²) in [4.78, 5) is 49.9. The van der Waals surface area contributed by atoms with Gasteiger partial charge in [-0.1, -0.05) is 18.2 Å². The van der Waals surface area contributed by atoms with E-state index in [1.807, 2.05) is 30.3 Å². The number of amides is 2. The summed E-state index contributed by atoms with van der Waals surface area (Å²) in [6, 6.07) is 9.49. The smallest absolute Gasteiger partial charge is 0.266 e. The lowest BCUT2D eigenvalue weighted by atomic mass is 10.2. The van der Waals surface area contributed by atoms with Crippen LogP contribution in [0.2, 0.25) is 0 Å². The van der Waals surface area contributed by atoms with E-state index in [0.29, 0.717) is 52.6 Å². The highest BCUT2D eigenvalue weighted by molar-refractivity contribution is 7.20. The van der Waals surface area contributed by atoms with Crippen LogP contribution in [0.1, 0.15) is 15.2 Å². The van der Waals surface area contributed by atoms with E-state index in [4.69, 9.17) is 4.74 Å². The molecule has 0 unspecified atom stereocenters. The van der Waals surface area contributed by atoms with Gasteiger partial charge in [0, 0.05) is 18.5 Å². The molecule has 3 aromatic heterocycles. The standard InChI is InChI=1S/C23H21N5O4S/c1-14-19-22(25-13-28(23(19)31)12-18(29)27-6-8-32-9-7-27)33-20(14)21(30)26-16-10-15-4-2-3-5-17(15)24-11-16/h2-5,10-11,13H,6-9,12H2,1H3,(H,26,30). The number of benzene rings is 1. The molecule has 168 valence electrons. The number of para-hydroxylation sites is 1. The number of carbonyl (C=O) groups is 2. The second kappa shape index (κ2) is 8.72. The normalized spacial score (nSPS) is 14.0. The van der Waals surface area contributed by atoms with Crippen LogP contribution in [-0.4, -0.2) is 57.6 Å². The van der Waals surface area contributed by atoms with Crippen LogP contribution < -0.4 is 10.9 Å². The summed E-state index contributed by atoms with van der Waals surface area (Å²) >= 11 is 1.16. The van der Waals surface area contributed by atoms with Gasteiger partial charge in [-0.15, -0.1) is 11.3 Å². The molecule has 9 nitrogen and oxygen atoms in total. The van der Waals surface area contributed by atoms with E-state index in [0.717, 1.165) is 22.2 Å². The first-order valence-corrected chi connectivity index (χ1v) is 11.3. The van der Waals surface area contributed by atoms with E-state index in [1.54, 1.807) is 18.0 Å². The van der Waals surface area contributed by atoms with Gasteiger partial charge in [0.05, 0.1) is 47.2 Å². The maximum atomic E-state index is 13.1. The van der Waals surface area contributed by atoms with Crippen molar-refractivity contribution in [3.05, 3.63) is 63.7 Å². The van der Waals surface area contributed by atoms with Gasteiger partial charge in [0.2, 0.25) is 5.91 Å². The van der Waals surface area contributed by atoms with Crippen LogP contribution >= 0.6 is 11.3 Å². The highest BCUT2D eigenvalue weighted by Crippen LogP contribution is 2.28. The van der Waals surface area contributed by atoms with E-state index < -0.39 is 0 Å². The lowest BCUT2D eigenvalue weighted by molar-refractivity contribution is -0.135. The van der Waals surface area contributed by atoms with Gasteiger partial charge in [-0.05, 0) is 24.6 Å². The molecular formula is C23H21N5O4S. The molecule has 0 saturated carbocycles. The number of carbonyl (C=O) groups excluding carboxylic acids is 2. The molecule has 0 radical (unpaired) electrons. The van der Waals surface area contributed by atoms with Crippen molar-refractivity contribution >= 4 is 50.0 Å². The number of anilines is 1. The summed E-state index contributed by atoms with van der Waals surface area (Å²) in [6.07, 6.45) is 2.97. The number of rotatable bonds is 4. The Kier molecular flexibility index (Phi) is 5.61. The average Bonchev–Trinajstić information content (AvgIpc) is 3.18. The second-order valence-electron chi connectivity index (χ2n) is 7.78. The summed E-state index contributed by atoms with van der Waals surface area (Å²) in [5.41, 5.74) is 1.62. The first kappa shape index (κ1) is 21.2. The number of thiophene rings is 1. The first-order valence-electron chi connectivity index (χ1n) is 10.5. The molecule has 1 fully saturated rings. The van der Waals surface area contributed by atoms with Crippen LogP contribution in [-0.2, 0) is 16.1 Å². The number of nitrogens with one attached hydrogen (secondary N) is 1. The molecule has 1 aromatic carbocycles. The maximum absolute atomic E-state index is 13.1. The third-order valence-corrected chi connectivity index (χ3v) is 6.84. The van der Waals surface area contributed by atoms with E-state index >= 15 is 0 Å². The van der Waals surface area contributed by atoms with Crippen LogP contribution in [0, 0.1) is 6.92 Å². The zero-order valence-corrected chi connectivity index (χ0v) is 18.7. The fourth-order valence-corrected chi connectivity index (χ4v) is 4.91. The monoisotopic (exact) mass is 463 g/mol. The minimum atomic E-state index is -0.332. The Morgan fingerprint density at radius 2 is 1.97 bits per heavy atom. The molecule has 1 N–H and O–H groups in total. The molecule has 4 heterocycles. The van der Waals surface area contributed by atoms with Crippen LogP contribution in [0.5, 0.6) is 0 Å². The Bertz CT molecular complexity index is 1440. The van der Waals surface area contributed by atoms with Gasteiger partial charge in [0.15, 0.2) is 0 Å². The fourth-order valence-electron chi connectivity index (χ4n) is 3.87. The van der Waals surface area contributed by atoms with Crippen molar-refractivity contribution in [3.8, 4) is 0 Å². The van der Waals surface area contributed by atoms with Crippen molar-refractivity contribution in [3.63, 3.8) is 0 Å². The molecule has 0 atom stereocenters. The molecule has 5 rings (SSSR count). The van der Waals surface area contributed by atoms with Crippen molar-refractivity contribution in [1.29, 1.82) is 0 Å². The Labute approximate surface area is 192 Å². The molecule has 10 heteroatoms. The molecule has 1 saturated heterocycles. The molecule has 4 aromatic rings. The van der Waals surface area contributed by atoms with E-state index in [1.165, 1.54) is 10.9 Å². The van der Waals surface area contributed by atoms with Crippen molar-refractivity contribution in [1.82, 2.24) is 19.4 Å². The van der Waals surface area contributed by atoms with Crippen LogP contribution in [0.25, 0.3) is 21.1 Å². The van der Waals surface area contributed by atoms with Crippen LogP contribution in [0.15, 0.2) is 47.7 Å². The zero-order chi connectivity index (χ0) is 22.9. The van der Waals surface area contributed by atoms with Gasteiger partial charge in [-0.2, -0.15) is 0 Å². The predicted molar refractivity (Wildman–Crippen MR) is 126 cm³/mol. The highest BCUT2D eigenvalue weighted by atomic mass is 32.1. The van der Waals surface area contributed by atoms with Gasteiger partial charge >= 0.3 is 0 Å². The average molecular weight is 464 g/mol. The minimum absolute atomic E-state index is 0.0959. The van der Waals surface area contributed by atoms with Gasteiger partial charge < -0.3 is 15.0 Å². The molecule has 33 heavy (non-hydrogen) atoms. The van der Waals surface area contributed by atoms with Gasteiger partial charge in [0.25, 0.3) is 11.5 Å². The van der Waals surface area contributed by atoms with Gasteiger partial charge in [0.1, 0.15) is 11.4 Å². The van der Waals surface area contributed by atoms with Crippen molar-refractivity contribution < 1.29 is 14.3 Å². The Morgan fingerprint density at radius 1 is 1.18 bits per heavy atom. The number of fused-ring (bicyclic) bond motifs is 2. The van der Waals surface area contributed by atoms with Crippen LogP contribution in [0.4, 0.5) is 5.69 Å². The lowest BCUT2D eigenvalue weighted by Gasteiger charge is -2.26. The topological polar surface area (TPSA) is 106 Å². The quantitative estimate of drug-likeness (QED) is 0.498. The summed E-state index contributed by atoms with van der Waals surface area (Å²) < 4.78 is 6.57. The molecular weight excluding hydrogens is 442 g/mol. The minimum Gasteiger partial charge on any atom is -0.378 e. The molecule has 1 aliphatic rings. The largest absolute Gasteiger partial charge is 0.378 e. The molecule has 0 spiro atoms. The number of pyridine rings is 1. The molecule has 1 aliphatic heterocycles. The summed E-state index contributed by atoms with van der Waals surface area (Å²) in [6.45, 7) is 3.63. The summed E-state index contributed by atoms with van der Waals surface area (Å²) in [5.74, 6) is -0.487. The summed E-state index contributed by atoms with van der Waals surface area (Å²) in [7, 11) is 0. The highest BCUT2D eigenvalue weighted by Gasteiger charge is 2.22. The fraction of sp³-hybridized carbons (Fsp3) is 0.261. The van der Waals surface area contributed by atoms with Crippen molar-refractivity contribution in [2.45, 2.75) is 13.5 Å². The number of hydrogen-bond acceptors (Lipinski definition) is 7. The Morgan fingerprint density at radius 3 is 2.79 bits per heavy atom. The second-order valence-corrected chi connectivity index (χ2v) is 8.78. The third kappa shape index (κ3) is 4.10.